The lowest BCUT2D eigenvalue weighted by Crippen LogP contribution is -2.46. The molecular weight excluding hydrogens is 404 g/mol. The fourth-order valence-electron chi connectivity index (χ4n) is 4.72. The summed E-state index contributed by atoms with van der Waals surface area (Å²) in [5, 5.41) is 3.53. The van der Waals surface area contributed by atoms with E-state index in [0.717, 1.165) is 64.5 Å². The number of likely N-dealkylation sites (tertiary alicyclic amines) is 1. The number of amides is 1. The Labute approximate surface area is 190 Å². The zero-order valence-corrected chi connectivity index (χ0v) is 18.9. The Morgan fingerprint density at radius 3 is 2.81 bits per heavy atom. The van der Waals surface area contributed by atoms with Crippen molar-refractivity contribution < 1.29 is 14.3 Å². The largest absolute Gasteiger partial charge is 0.497 e. The van der Waals surface area contributed by atoms with Crippen molar-refractivity contribution in [2.75, 3.05) is 46.5 Å². The summed E-state index contributed by atoms with van der Waals surface area (Å²) in [5.74, 6) is 1.15. The number of carbonyl (C=O) groups is 1. The van der Waals surface area contributed by atoms with E-state index in [-0.39, 0.29) is 18.0 Å². The molecule has 0 bridgehead atoms. The third-order valence-electron chi connectivity index (χ3n) is 6.52. The summed E-state index contributed by atoms with van der Waals surface area (Å²) in [6.07, 6.45) is 6.23. The maximum atomic E-state index is 12.8. The third kappa shape index (κ3) is 5.85. The molecule has 2 aliphatic heterocycles. The van der Waals surface area contributed by atoms with Crippen LogP contribution in [0.4, 0.5) is 0 Å². The molecule has 1 aromatic carbocycles. The number of hydrogen-bond acceptors (Lipinski definition) is 6. The van der Waals surface area contributed by atoms with Crippen LogP contribution < -0.4 is 10.1 Å². The molecule has 2 aliphatic rings. The molecule has 0 radical (unpaired) electrons. The summed E-state index contributed by atoms with van der Waals surface area (Å²) in [4.78, 5) is 21.5. The van der Waals surface area contributed by atoms with Gasteiger partial charge in [0.15, 0.2) is 0 Å². The highest BCUT2D eigenvalue weighted by Crippen LogP contribution is 2.28. The van der Waals surface area contributed by atoms with E-state index >= 15 is 0 Å². The normalized spacial score (nSPS) is 20.5. The first-order valence-corrected chi connectivity index (χ1v) is 11.6. The van der Waals surface area contributed by atoms with Crippen LogP contribution in [0.15, 0.2) is 48.8 Å². The Hall–Kier alpha value is -2.48. The van der Waals surface area contributed by atoms with Gasteiger partial charge in [0.2, 0.25) is 5.91 Å². The zero-order chi connectivity index (χ0) is 22.2. The number of methoxy groups -OCH3 is 1. The van der Waals surface area contributed by atoms with Gasteiger partial charge in [-0.05, 0) is 54.8 Å². The minimum absolute atomic E-state index is 0.177. The van der Waals surface area contributed by atoms with Crippen LogP contribution >= 0.6 is 0 Å². The molecule has 7 heteroatoms. The average Bonchev–Trinajstić information content (AvgIpc) is 3.20. The molecule has 1 aromatic heterocycles. The van der Waals surface area contributed by atoms with Crippen LogP contribution in [0.1, 0.15) is 36.4 Å². The van der Waals surface area contributed by atoms with Crippen LogP contribution in [-0.4, -0.2) is 73.2 Å². The van der Waals surface area contributed by atoms with E-state index in [9.17, 15) is 4.79 Å². The number of carbonyl (C=O) groups excluding carboxylic acids is 1. The molecule has 2 aromatic rings. The highest BCUT2D eigenvalue weighted by Gasteiger charge is 2.34. The summed E-state index contributed by atoms with van der Waals surface area (Å²) >= 11 is 0. The first-order chi connectivity index (χ1) is 15.7. The van der Waals surface area contributed by atoms with E-state index in [1.807, 2.05) is 24.5 Å². The Bertz CT molecular complexity index is 857. The molecule has 2 saturated heterocycles. The Kier molecular flexibility index (Phi) is 8.09. The van der Waals surface area contributed by atoms with Crippen molar-refractivity contribution in [2.24, 2.45) is 0 Å². The molecule has 172 valence electrons. The standard InChI is InChI=1S/C25H34N4O3/c1-31-23-4-2-3-20(17-23)18-27-12-9-22-5-6-25(30)29(22)19-24(21-7-10-26-11-8-21)28-13-15-32-16-14-28/h2-4,7-8,10-11,17,22,24,27H,5-6,9,12-16,18-19H2,1H3. The van der Waals surface area contributed by atoms with E-state index in [4.69, 9.17) is 9.47 Å². The van der Waals surface area contributed by atoms with Gasteiger partial charge in [-0.2, -0.15) is 0 Å². The molecule has 7 nitrogen and oxygen atoms in total. The van der Waals surface area contributed by atoms with Crippen LogP contribution in [0.25, 0.3) is 0 Å². The Morgan fingerprint density at radius 2 is 2.03 bits per heavy atom. The van der Waals surface area contributed by atoms with Crippen LogP contribution in [0.3, 0.4) is 0 Å². The molecule has 3 heterocycles. The van der Waals surface area contributed by atoms with Crippen molar-refractivity contribution in [3.63, 3.8) is 0 Å². The highest BCUT2D eigenvalue weighted by molar-refractivity contribution is 5.78. The van der Waals surface area contributed by atoms with Crippen LogP contribution in [0.5, 0.6) is 5.75 Å². The summed E-state index contributed by atoms with van der Waals surface area (Å²) in [7, 11) is 1.69. The number of nitrogens with one attached hydrogen (secondary N) is 1. The van der Waals surface area contributed by atoms with Gasteiger partial charge in [0.25, 0.3) is 0 Å². The Morgan fingerprint density at radius 1 is 1.22 bits per heavy atom. The fourth-order valence-corrected chi connectivity index (χ4v) is 4.72. The lowest BCUT2D eigenvalue weighted by molar-refractivity contribution is -0.130. The number of hydrogen-bond donors (Lipinski definition) is 1. The minimum atomic E-state index is 0.177. The van der Waals surface area contributed by atoms with Gasteiger partial charge in [0.1, 0.15) is 5.75 Å². The van der Waals surface area contributed by atoms with Crippen molar-refractivity contribution in [1.82, 2.24) is 20.1 Å². The number of ether oxygens (including phenoxy) is 2. The van der Waals surface area contributed by atoms with Crippen molar-refractivity contribution in [3.05, 3.63) is 59.9 Å². The van der Waals surface area contributed by atoms with Gasteiger partial charge in [-0.15, -0.1) is 0 Å². The van der Waals surface area contributed by atoms with Crippen molar-refractivity contribution in [1.29, 1.82) is 0 Å². The lowest BCUT2D eigenvalue weighted by Gasteiger charge is -2.38. The van der Waals surface area contributed by atoms with Gasteiger partial charge in [-0.25, -0.2) is 0 Å². The molecule has 0 spiro atoms. The molecular formula is C25H34N4O3. The second kappa shape index (κ2) is 11.4. The average molecular weight is 439 g/mol. The van der Waals surface area contributed by atoms with Gasteiger partial charge in [-0.1, -0.05) is 12.1 Å². The first-order valence-electron chi connectivity index (χ1n) is 11.6. The fraction of sp³-hybridized carbons (Fsp3) is 0.520. The molecule has 0 aliphatic carbocycles. The molecule has 1 amide bonds. The van der Waals surface area contributed by atoms with Gasteiger partial charge < -0.3 is 19.7 Å². The smallest absolute Gasteiger partial charge is 0.222 e. The predicted molar refractivity (Wildman–Crippen MR) is 123 cm³/mol. The maximum Gasteiger partial charge on any atom is 0.222 e. The van der Waals surface area contributed by atoms with Crippen molar-refractivity contribution in [2.45, 2.75) is 37.9 Å². The second-order valence-electron chi connectivity index (χ2n) is 8.50. The molecule has 4 rings (SSSR count). The summed E-state index contributed by atoms with van der Waals surface area (Å²) in [6.45, 7) is 5.67. The monoisotopic (exact) mass is 438 g/mol. The topological polar surface area (TPSA) is 66.9 Å². The second-order valence-corrected chi connectivity index (χ2v) is 8.50. The lowest BCUT2D eigenvalue weighted by atomic mass is 10.0. The van der Waals surface area contributed by atoms with Crippen molar-refractivity contribution >= 4 is 5.91 Å². The van der Waals surface area contributed by atoms with E-state index in [0.29, 0.717) is 6.42 Å². The highest BCUT2D eigenvalue weighted by atomic mass is 16.5. The third-order valence-corrected chi connectivity index (χ3v) is 6.52. The summed E-state index contributed by atoms with van der Waals surface area (Å²) < 4.78 is 10.9. The van der Waals surface area contributed by atoms with Gasteiger partial charge in [0.05, 0.1) is 26.4 Å². The SMILES string of the molecule is COc1cccc(CNCCC2CCC(=O)N2CC(c2ccncc2)N2CCOCC2)c1. The quantitative estimate of drug-likeness (QED) is 0.576. The Balaban J connectivity index is 1.35. The number of aromatic nitrogens is 1. The number of morpholine rings is 1. The summed E-state index contributed by atoms with van der Waals surface area (Å²) in [5.41, 5.74) is 2.42. The molecule has 2 unspecified atom stereocenters. The molecule has 1 N–H and O–H groups in total. The number of benzene rings is 1. The summed E-state index contributed by atoms with van der Waals surface area (Å²) in [6, 6.07) is 12.7. The zero-order valence-electron chi connectivity index (χ0n) is 18.9. The van der Waals surface area contributed by atoms with E-state index in [1.54, 1.807) is 7.11 Å². The number of pyridine rings is 1. The minimum Gasteiger partial charge on any atom is -0.497 e. The number of nitrogens with zero attached hydrogens (tertiary/aromatic N) is 3. The number of rotatable bonds is 10. The van der Waals surface area contributed by atoms with Crippen LogP contribution in [0, 0.1) is 0 Å². The van der Waals surface area contributed by atoms with Gasteiger partial charge in [-0.3, -0.25) is 14.7 Å². The molecule has 0 saturated carbocycles. The van der Waals surface area contributed by atoms with E-state index in [1.165, 1.54) is 11.1 Å². The van der Waals surface area contributed by atoms with E-state index in [2.05, 4.69) is 44.4 Å². The van der Waals surface area contributed by atoms with E-state index < -0.39 is 0 Å². The predicted octanol–water partition coefficient (Wildman–Crippen LogP) is 2.63. The molecule has 32 heavy (non-hydrogen) atoms. The first kappa shape index (κ1) is 22.7. The van der Waals surface area contributed by atoms with Crippen molar-refractivity contribution in [3.8, 4) is 5.75 Å². The van der Waals surface area contributed by atoms with Gasteiger partial charge in [0, 0.05) is 51.0 Å². The maximum absolute atomic E-state index is 12.8. The molecule has 2 atom stereocenters. The molecule has 2 fully saturated rings. The van der Waals surface area contributed by atoms with Crippen LogP contribution in [-0.2, 0) is 16.1 Å². The van der Waals surface area contributed by atoms with Crippen LogP contribution in [0.2, 0.25) is 0 Å². The van der Waals surface area contributed by atoms with Gasteiger partial charge >= 0.3 is 0 Å².